The van der Waals surface area contributed by atoms with Crippen LogP contribution in [0.5, 0.6) is 0 Å². The van der Waals surface area contributed by atoms with E-state index in [1.807, 2.05) is 56.8 Å². The minimum Gasteiger partial charge on any atom is -0.392 e. The lowest BCUT2D eigenvalue weighted by Crippen LogP contribution is -2.40. The van der Waals surface area contributed by atoms with Gasteiger partial charge < -0.3 is 15.2 Å². The van der Waals surface area contributed by atoms with Gasteiger partial charge in [-0.25, -0.2) is 0 Å². The molecule has 1 amide bonds. The average Bonchev–Trinajstić information content (AvgIpc) is 3.52. The molecule has 2 N–H and O–H groups in total. The molecule has 0 aromatic heterocycles. The van der Waals surface area contributed by atoms with Crippen molar-refractivity contribution in [2.24, 2.45) is 5.92 Å². The molecule has 0 radical (unpaired) electrons. The van der Waals surface area contributed by atoms with E-state index in [0.29, 0.717) is 6.61 Å². The maximum atomic E-state index is 12.9. The Balaban J connectivity index is 1.57. The number of ether oxygens (including phenoxy) is 1. The molecule has 0 spiro atoms. The topological polar surface area (TPSA) is 58.6 Å². The second-order valence-electron chi connectivity index (χ2n) is 8.07. The molecular weight excluding hydrogens is 382 g/mol. The molecule has 2 atom stereocenters. The molecule has 2 aromatic rings. The quantitative estimate of drug-likeness (QED) is 0.584. The minimum absolute atomic E-state index is 0.0185. The molecule has 4 nitrogen and oxygen atoms in total. The number of nitrogens with one attached hydrogen (secondary N) is 1. The van der Waals surface area contributed by atoms with Crippen LogP contribution in [-0.2, 0) is 22.7 Å². The second-order valence-corrected chi connectivity index (χ2v) is 9.44. The first-order chi connectivity index (χ1) is 14.0. The Bertz CT molecular complexity index is 802. The second kappa shape index (κ2) is 10.3. The molecule has 0 aliphatic heterocycles. The van der Waals surface area contributed by atoms with Crippen LogP contribution in [0.3, 0.4) is 0 Å². The summed E-state index contributed by atoms with van der Waals surface area (Å²) in [5.41, 5.74) is 2.96. The zero-order chi connectivity index (χ0) is 20.8. The molecule has 0 saturated heterocycles. The Morgan fingerprint density at radius 3 is 2.48 bits per heavy atom. The van der Waals surface area contributed by atoms with Crippen molar-refractivity contribution in [3.05, 3.63) is 65.2 Å². The van der Waals surface area contributed by atoms with Crippen LogP contribution in [0, 0.1) is 5.92 Å². The fraction of sp³-hybridized carbons (Fsp3) is 0.458. The van der Waals surface area contributed by atoms with Crippen LogP contribution >= 0.6 is 11.8 Å². The van der Waals surface area contributed by atoms with Crippen LogP contribution in [0.15, 0.2) is 53.4 Å². The molecule has 0 unspecified atom stereocenters. The number of thioether (sulfide) groups is 1. The molecule has 0 bridgehead atoms. The average molecular weight is 414 g/mol. The summed E-state index contributed by atoms with van der Waals surface area (Å²) in [4.78, 5) is 14.1. The molecule has 1 aliphatic rings. The Kier molecular flexibility index (Phi) is 7.76. The molecule has 3 rings (SSSR count). The van der Waals surface area contributed by atoms with Crippen molar-refractivity contribution in [2.45, 2.75) is 69.1 Å². The fourth-order valence-electron chi connectivity index (χ4n) is 3.13. The number of hydrogen-bond donors (Lipinski definition) is 2. The van der Waals surface area contributed by atoms with Gasteiger partial charge in [0.05, 0.1) is 19.3 Å². The third-order valence-electron chi connectivity index (χ3n) is 5.04. The SMILES string of the molecule is CC(C)[C@@H](OCc1cccc(SC2CC2)c1)C(=O)N[C@@H](C)c1ccc(CO)cc1. The van der Waals surface area contributed by atoms with Gasteiger partial charge in [-0.15, -0.1) is 11.8 Å². The van der Waals surface area contributed by atoms with Crippen molar-refractivity contribution in [2.75, 3.05) is 0 Å². The van der Waals surface area contributed by atoms with Crippen LogP contribution in [0.25, 0.3) is 0 Å². The van der Waals surface area contributed by atoms with Gasteiger partial charge in [-0.3, -0.25) is 4.79 Å². The summed E-state index contributed by atoms with van der Waals surface area (Å²) in [5.74, 6) is -0.0229. The standard InChI is InChI=1S/C24H31NO3S/c1-16(2)23(24(27)25-17(3)20-9-7-18(14-26)8-10-20)28-15-19-5-4-6-22(13-19)29-21-11-12-21/h4-10,13,16-17,21,23,26H,11-12,14-15H2,1-3H3,(H,25,27)/t17-,23+/m0/s1. The van der Waals surface area contributed by atoms with Crippen molar-refractivity contribution in [1.82, 2.24) is 5.32 Å². The summed E-state index contributed by atoms with van der Waals surface area (Å²) in [5, 5.41) is 13.0. The minimum atomic E-state index is -0.506. The maximum Gasteiger partial charge on any atom is 0.249 e. The van der Waals surface area contributed by atoms with Gasteiger partial charge >= 0.3 is 0 Å². The highest BCUT2D eigenvalue weighted by Gasteiger charge is 2.25. The molecule has 2 aromatic carbocycles. The van der Waals surface area contributed by atoms with E-state index in [9.17, 15) is 9.90 Å². The van der Waals surface area contributed by atoms with Gasteiger partial charge in [0.25, 0.3) is 0 Å². The van der Waals surface area contributed by atoms with Gasteiger partial charge in [-0.2, -0.15) is 0 Å². The summed E-state index contributed by atoms with van der Waals surface area (Å²) < 4.78 is 6.05. The first kappa shape index (κ1) is 21.9. The molecule has 1 aliphatic carbocycles. The van der Waals surface area contributed by atoms with Gasteiger partial charge in [-0.05, 0) is 54.5 Å². The maximum absolute atomic E-state index is 12.9. The number of benzene rings is 2. The van der Waals surface area contributed by atoms with Crippen LogP contribution in [0.2, 0.25) is 0 Å². The van der Waals surface area contributed by atoms with Crippen LogP contribution in [0.4, 0.5) is 0 Å². The van der Waals surface area contributed by atoms with Crippen molar-refractivity contribution in [1.29, 1.82) is 0 Å². The number of aliphatic hydroxyl groups excluding tert-OH is 1. The summed E-state index contributed by atoms with van der Waals surface area (Å²) in [6.07, 6.45) is 2.11. The Morgan fingerprint density at radius 2 is 1.86 bits per heavy atom. The number of amides is 1. The summed E-state index contributed by atoms with van der Waals surface area (Å²) in [6, 6.07) is 15.9. The highest BCUT2D eigenvalue weighted by atomic mass is 32.2. The van der Waals surface area contributed by atoms with Gasteiger partial charge in [0.1, 0.15) is 6.10 Å². The number of carbonyl (C=O) groups is 1. The van der Waals surface area contributed by atoms with E-state index in [2.05, 4.69) is 29.6 Å². The highest BCUT2D eigenvalue weighted by Crippen LogP contribution is 2.39. The van der Waals surface area contributed by atoms with Crippen LogP contribution in [0.1, 0.15) is 56.3 Å². The predicted octanol–water partition coefficient (Wildman–Crippen LogP) is 4.85. The zero-order valence-electron chi connectivity index (χ0n) is 17.4. The van der Waals surface area contributed by atoms with Crippen LogP contribution in [-0.4, -0.2) is 22.4 Å². The Hall–Kier alpha value is -1.82. The van der Waals surface area contributed by atoms with E-state index in [-0.39, 0.29) is 24.5 Å². The van der Waals surface area contributed by atoms with E-state index < -0.39 is 6.10 Å². The van der Waals surface area contributed by atoms with Gasteiger partial charge in [0, 0.05) is 10.1 Å². The molecule has 156 valence electrons. The summed E-state index contributed by atoms with van der Waals surface area (Å²) >= 11 is 1.93. The van der Waals surface area contributed by atoms with Crippen molar-refractivity contribution in [3.8, 4) is 0 Å². The summed E-state index contributed by atoms with van der Waals surface area (Å²) in [7, 11) is 0. The zero-order valence-corrected chi connectivity index (χ0v) is 18.2. The Morgan fingerprint density at radius 1 is 1.14 bits per heavy atom. The van der Waals surface area contributed by atoms with Gasteiger partial charge in [0.15, 0.2) is 0 Å². The molecule has 0 heterocycles. The number of hydrogen-bond acceptors (Lipinski definition) is 4. The monoisotopic (exact) mass is 413 g/mol. The van der Waals surface area contributed by atoms with Gasteiger partial charge in [0.2, 0.25) is 5.91 Å². The lowest BCUT2D eigenvalue weighted by molar-refractivity contribution is -0.137. The molecule has 29 heavy (non-hydrogen) atoms. The first-order valence-electron chi connectivity index (χ1n) is 10.3. The normalized spacial score (nSPS) is 15.9. The molecule has 1 fully saturated rings. The number of aliphatic hydroxyl groups is 1. The lowest BCUT2D eigenvalue weighted by Gasteiger charge is -2.24. The van der Waals surface area contributed by atoms with Crippen molar-refractivity contribution >= 4 is 17.7 Å². The highest BCUT2D eigenvalue weighted by molar-refractivity contribution is 8.00. The molecular formula is C24H31NO3S. The van der Waals surface area contributed by atoms with E-state index >= 15 is 0 Å². The third-order valence-corrected chi connectivity index (χ3v) is 6.37. The smallest absolute Gasteiger partial charge is 0.249 e. The number of rotatable bonds is 10. The van der Waals surface area contributed by atoms with Crippen LogP contribution < -0.4 is 5.32 Å². The lowest BCUT2D eigenvalue weighted by atomic mass is 10.0. The van der Waals surface area contributed by atoms with Crippen molar-refractivity contribution < 1.29 is 14.6 Å². The predicted molar refractivity (Wildman–Crippen MR) is 118 cm³/mol. The Labute approximate surface area is 178 Å². The summed E-state index contributed by atoms with van der Waals surface area (Å²) in [6.45, 7) is 6.41. The molecule has 5 heteroatoms. The molecule has 1 saturated carbocycles. The van der Waals surface area contributed by atoms with E-state index in [1.54, 1.807) is 0 Å². The number of carbonyl (C=O) groups excluding carboxylic acids is 1. The van der Waals surface area contributed by atoms with E-state index in [0.717, 1.165) is 21.9 Å². The van der Waals surface area contributed by atoms with E-state index in [4.69, 9.17) is 4.74 Å². The van der Waals surface area contributed by atoms with Gasteiger partial charge in [-0.1, -0.05) is 50.2 Å². The third kappa shape index (κ3) is 6.59. The largest absolute Gasteiger partial charge is 0.392 e. The van der Waals surface area contributed by atoms with E-state index in [1.165, 1.54) is 17.7 Å². The van der Waals surface area contributed by atoms with Crippen molar-refractivity contribution in [3.63, 3.8) is 0 Å². The fourth-order valence-corrected chi connectivity index (χ4v) is 4.27. The first-order valence-corrected chi connectivity index (χ1v) is 11.2.